The third-order valence-corrected chi connectivity index (χ3v) is 6.90. The minimum Gasteiger partial charge on any atom is -0.354 e. The Balaban J connectivity index is 1.36. The molecule has 6 heteroatoms. The van der Waals surface area contributed by atoms with Crippen LogP contribution in [0.5, 0.6) is 0 Å². The largest absolute Gasteiger partial charge is 0.354 e. The molecular weight excluding hydrogens is 350 g/mol. The monoisotopic (exact) mass is 369 g/mol. The van der Waals surface area contributed by atoms with Crippen LogP contribution in [0.25, 0.3) is 10.2 Å². The molecule has 3 aromatic rings. The predicted molar refractivity (Wildman–Crippen MR) is 103 cm³/mol. The summed E-state index contributed by atoms with van der Waals surface area (Å²) in [7, 11) is 0. The number of carbonyl (C=O) groups excluding carboxylic acids is 1. The fourth-order valence-electron chi connectivity index (χ4n) is 3.28. The van der Waals surface area contributed by atoms with Gasteiger partial charge in [-0.15, -0.1) is 11.3 Å². The molecule has 0 unspecified atom stereocenters. The van der Waals surface area contributed by atoms with E-state index in [9.17, 15) is 4.79 Å². The van der Waals surface area contributed by atoms with Crippen LogP contribution in [0.4, 0.5) is 0 Å². The molecule has 0 radical (unpaired) electrons. The van der Waals surface area contributed by atoms with Crippen LogP contribution in [-0.4, -0.2) is 28.2 Å². The normalized spacial score (nSPS) is 15.7. The number of fused-ring (bicyclic) bond motifs is 1. The van der Waals surface area contributed by atoms with E-state index in [0.29, 0.717) is 12.3 Å². The quantitative estimate of drug-likeness (QED) is 0.527. The number of carbonyl (C=O) groups is 1. The lowest BCUT2D eigenvalue weighted by Gasteiger charge is -2.42. The van der Waals surface area contributed by atoms with E-state index in [1.807, 2.05) is 17.5 Å². The van der Waals surface area contributed by atoms with Crippen molar-refractivity contribution < 1.29 is 4.79 Å². The van der Waals surface area contributed by atoms with E-state index in [0.717, 1.165) is 28.1 Å². The molecule has 1 aliphatic rings. The lowest BCUT2D eigenvalue weighted by atomic mass is 9.64. The molecule has 1 amide bonds. The molecule has 1 fully saturated rings. The number of aromatic nitrogens is 2. The van der Waals surface area contributed by atoms with Crippen molar-refractivity contribution in [2.24, 2.45) is 0 Å². The van der Waals surface area contributed by atoms with Gasteiger partial charge in [0.2, 0.25) is 5.91 Å². The molecule has 1 N–H and O–H groups in total. The Labute approximate surface area is 155 Å². The van der Waals surface area contributed by atoms with Gasteiger partial charge in [-0.25, -0.2) is 9.97 Å². The topological polar surface area (TPSA) is 54.9 Å². The number of hydrogen-bond acceptors (Lipinski definition) is 5. The molecule has 4 rings (SSSR count). The highest BCUT2D eigenvalue weighted by Crippen LogP contribution is 2.43. The highest BCUT2D eigenvalue weighted by Gasteiger charge is 2.38. The van der Waals surface area contributed by atoms with Gasteiger partial charge in [-0.05, 0) is 29.9 Å². The van der Waals surface area contributed by atoms with Gasteiger partial charge in [-0.3, -0.25) is 4.79 Å². The Morgan fingerprint density at radius 3 is 2.80 bits per heavy atom. The van der Waals surface area contributed by atoms with Crippen LogP contribution in [0.1, 0.15) is 24.8 Å². The second-order valence-corrected chi connectivity index (χ2v) is 8.26. The summed E-state index contributed by atoms with van der Waals surface area (Å²) < 4.78 is 1.06. The Hall–Kier alpha value is -1.92. The zero-order valence-corrected chi connectivity index (χ0v) is 15.4. The van der Waals surface area contributed by atoms with Gasteiger partial charge in [-0.2, -0.15) is 0 Å². The van der Waals surface area contributed by atoms with Crippen LogP contribution in [0, 0.1) is 0 Å². The third kappa shape index (κ3) is 3.41. The van der Waals surface area contributed by atoms with Gasteiger partial charge in [0.15, 0.2) is 0 Å². The summed E-state index contributed by atoms with van der Waals surface area (Å²) in [5.74, 6) is 0.449. The summed E-state index contributed by atoms with van der Waals surface area (Å²) in [6.45, 7) is 0.717. The number of hydrogen-bond donors (Lipinski definition) is 1. The summed E-state index contributed by atoms with van der Waals surface area (Å²) in [5, 5.41) is 6.03. The Morgan fingerprint density at radius 1 is 1.20 bits per heavy atom. The minimum atomic E-state index is 0.0653. The van der Waals surface area contributed by atoms with Crippen LogP contribution in [-0.2, 0) is 10.2 Å². The molecule has 128 valence electrons. The summed E-state index contributed by atoms with van der Waals surface area (Å²) in [6.07, 6.45) is 5.09. The molecule has 1 aliphatic carbocycles. The zero-order valence-electron chi connectivity index (χ0n) is 13.8. The van der Waals surface area contributed by atoms with Crippen LogP contribution >= 0.6 is 23.1 Å². The van der Waals surface area contributed by atoms with E-state index in [2.05, 4.69) is 39.6 Å². The number of thioether (sulfide) groups is 1. The zero-order chi connectivity index (χ0) is 17.1. The minimum absolute atomic E-state index is 0.0653. The van der Waals surface area contributed by atoms with Crippen LogP contribution < -0.4 is 5.32 Å². The van der Waals surface area contributed by atoms with Crippen molar-refractivity contribution in [3.8, 4) is 0 Å². The fourth-order valence-corrected chi connectivity index (χ4v) is 5.06. The number of amides is 1. The highest BCUT2D eigenvalue weighted by molar-refractivity contribution is 8.00. The maximum absolute atomic E-state index is 12.3. The van der Waals surface area contributed by atoms with Gasteiger partial charge in [0.1, 0.15) is 11.4 Å². The summed E-state index contributed by atoms with van der Waals surface area (Å²) in [6, 6.07) is 12.5. The first-order chi connectivity index (χ1) is 12.3. The average Bonchev–Trinajstić information content (AvgIpc) is 3.09. The maximum Gasteiger partial charge on any atom is 0.230 e. The standard InChI is InChI=1S/C19H19N3OS2/c23-16(11-25-18-17-15(7-10-24-17)21-13-22-18)20-12-19(8-4-9-19)14-5-2-1-3-6-14/h1-3,5-7,10,13H,4,8-9,11-12H2,(H,20,23). The highest BCUT2D eigenvalue weighted by atomic mass is 32.2. The van der Waals surface area contributed by atoms with Gasteiger partial charge in [-0.1, -0.05) is 48.5 Å². The van der Waals surface area contributed by atoms with Crippen LogP contribution in [0.3, 0.4) is 0 Å². The summed E-state index contributed by atoms with van der Waals surface area (Å²) in [5.41, 5.74) is 2.41. The van der Waals surface area contributed by atoms with Gasteiger partial charge in [0.05, 0.1) is 16.0 Å². The predicted octanol–water partition coefficient (Wildman–Crippen LogP) is 4.02. The maximum atomic E-state index is 12.3. The van der Waals surface area contributed by atoms with E-state index < -0.39 is 0 Å². The molecule has 0 atom stereocenters. The Bertz CT molecular complexity index is 875. The molecule has 2 heterocycles. The van der Waals surface area contributed by atoms with Crippen LogP contribution in [0.2, 0.25) is 0 Å². The number of nitrogens with one attached hydrogen (secondary N) is 1. The second-order valence-electron chi connectivity index (χ2n) is 6.38. The molecule has 0 saturated heterocycles. The first-order valence-electron chi connectivity index (χ1n) is 8.40. The van der Waals surface area contributed by atoms with Crippen molar-refractivity contribution in [1.82, 2.24) is 15.3 Å². The van der Waals surface area contributed by atoms with Gasteiger partial charge in [0, 0.05) is 12.0 Å². The first kappa shape index (κ1) is 16.5. The molecule has 25 heavy (non-hydrogen) atoms. The van der Waals surface area contributed by atoms with Crippen molar-refractivity contribution in [2.45, 2.75) is 29.7 Å². The Kier molecular flexibility index (Phi) is 4.72. The smallest absolute Gasteiger partial charge is 0.230 e. The number of benzene rings is 1. The van der Waals surface area contributed by atoms with E-state index in [4.69, 9.17) is 0 Å². The molecule has 1 saturated carbocycles. The summed E-state index contributed by atoms with van der Waals surface area (Å²) in [4.78, 5) is 20.9. The van der Waals surface area contributed by atoms with E-state index in [-0.39, 0.29) is 11.3 Å². The van der Waals surface area contributed by atoms with Crippen molar-refractivity contribution in [3.05, 3.63) is 53.7 Å². The third-order valence-electron chi connectivity index (χ3n) is 4.87. The van der Waals surface area contributed by atoms with Crippen molar-refractivity contribution in [2.75, 3.05) is 12.3 Å². The molecule has 2 aromatic heterocycles. The Morgan fingerprint density at radius 2 is 2.04 bits per heavy atom. The second kappa shape index (κ2) is 7.14. The average molecular weight is 370 g/mol. The number of nitrogens with zero attached hydrogens (tertiary/aromatic N) is 2. The van der Waals surface area contributed by atoms with E-state index in [1.54, 1.807) is 17.7 Å². The molecule has 1 aromatic carbocycles. The SMILES string of the molecule is O=C(CSc1ncnc2ccsc12)NCC1(c2ccccc2)CCC1. The summed E-state index contributed by atoms with van der Waals surface area (Å²) >= 11 is 3.10. The van der Waals surface area contributed by atoms with Crippen molar-refractivity contribution >= 4 is 39.2 Å². The fraction of sp³-hybridized carbons (Fsp3) is 0.316. The van der Waals surface area contributed by atoms with Gasteiger partial charge >= 0.3 is 0 Å². The van der Waals surface area contributed by atoms with Gasteiger partial charge < -0.3 is 5.32 Å². The first-order valence-corrected chi connectivity index (χ1v) is 10.3. The van der Waals surface area contributed by atoms with E-state index in [1.165, 1.54) is 23.7 Å². The number of rotatable bonds is 6. The molecule has 0 aliphatic heterocycles. The number of thiophene rings is 1. The molecule has 4 nitrogen and oxygen atoms in total. The molecule has 0 bridgehead atoms. The molecule has 0 spiro atoms. The molecular formula is C19H19N3OS2. The van der Waals surface area contributed by atoms with Gasteiger partial charge in [0.25, 0.3) is 0 Å². The van der Waals surface area contributed by atoms with Crippen molar-refractivity contribution in [3.63, 3.8) is 0 Å². The van der Waals surface area contributed by atoms with E-state index >= 15 is 0 Å². The van der Waals surface area contributed by atoms with Crippen molar-refractivity contribution in [1.29, 1.82) is 0 Å². The lowest BCUT2D eigenvalue weighted by Crippen LogP contribution is -2.46. The van der Waals surface area contributed by atoms with Crippen LogP contribution in [0.15, 0.2) is 53.1 Å². The lowest BCUT2D eigenvalue weighted by molar-refractivity contribution is -0.119.